The summed E-state index contributed by atoms with van der Waals surface area (Å²) in [6.45, 7) is 1.92. The van der Waals surface area contributed by atoms with Crippen LogP contribution in [0.3, 0.4) is 0 Å². The maximum atomic E-state index is 11.7. The second kappa shape index (κ2) is 7.81. The van der Waals surface area contributed by atoms with Gasteiger partial charge in [0.05, 0.1) is 11.2 Å². The molecule has 1 heterocycles. The summed E-state index contributed by atoms with van der Waals surface area (Å²) in [5.74, 6) is 0.933. The van der Waals surface area contributed by atoms with Crippen LogP contribution >= 0.6 is 23.2 Å². The third-order valence-electron chi connectivity index (χ3n) is 3.83. The van der Waals surface area contributed by atoms with E-state index in [1.165, 1.54) is 0 Å². The third-order valence-corrected chi connectivity index (χ3v) is 4.37. The number of nitrogens with one attached hydrogen (secondary N) is 2. The Morgan fingerprint density at radius 2 is 2.00 bits per heavy atom. The van der Waals surface area contributed by atoms with E-state index in [1.807, 2.05) is 19.1 Å². The minimum Gasteiger partial charge on any atom is -0.438 e. The first kappa shape index (κ1) is 18.3. The number of aromatic nitrogens is 1. The third kappa shape index (κ3) is 4.00. The number of oxazole rings is 1. The lowest BCUT2D eigenvalue weighted by Gasteiger charge is -2.13. The molecule has 0 aliphatic carbocycles. The lowest BCUT2D eigenvalue weighted by atomic mass is 10.1. The first-order valence-corrected chi connectivity index (χ1v) is 8.73. The van der Waals surface area contributed by atoms with Crippen LogP contribution in [0.15, 0.2) is 53.1 Å². The topological polar surface area (TPSA) is 67.2 Å². The lowest BCUT2D eigenvalue weighted by molar-refractivity contribution is 0.0963. The molecule has 0 spiro atoms. The number of nitrogens with zero attached hydrogens (tertiary/aromatic N) is 1. The van der Waals surface area contributed by atoms with E-state index < -0.39 is 0 Å². The Kier molecular flexibility index (Phi) is 5.49. The van der Waals surface area contributed by atoms with Crippen LogP contribution in [0.4, 0.5) is 5.69 Å². The molecule has 26 heavy (non-hydrogen) atoms. The molecule has 7 heteroatoms. The van der Waals surface area contributed by atoms with E-state index in [4.69, 9.17) is 27.6 Å². The Morgan fingerprint density at radius 1 is 1.19 bits per heavy atom. The molecular formula is C19H17Cl2N3O2. The minimum absolute atomic E-state index is 0.142. The molecule has 1 aromatic heterocycles. The SMILES string of the molecule is CNC(=O)c1cccc(N[C@@H](C)c2ncc(-c3ccc(Cl)cc3Cl)o2)c1. The predicted molar refractivity (Wildman–Crippen MR) is 104 cm³/mol. The van der Waals surface area contributed by atoms with Crippen LogP contribution in [0.2, 0.25) is 10.0 Å². The quantitative estimate of drug-likeness (QED) is 0.630. The molecule has 0 bridgehead atoms. The Balaban J connectivity index is 1.78. The first-order chi connectivity index (χ1) is 12.5. The predicted octanol–water partition coefficient (Wildman–Crippen LogP) is 5.18. The second-order valence-corrected chi connectivity index (χ2v) is 6.56. The summed E-state index contributed by atoms with van der Waals surface area (Å²) >= 11 is 12.1. The van der Waals surface area contributed by atoms with Crippen molar-refractivity contribution >= 4 is 34.8 Å². The van der Waals surface area contributed by atoms with Crippen LogP contribution in [0.1, 0.15) is 29.2 Å². The van der Waals surface area contributed by atoms with Gasteiger partial charge in [0.2, 0.25) is 5.89 Å². The highest BCUT2D eigenvalue weighted by Crippen LogP contribution is 2.32. The van der Waals surface area contributed by atoms with E-state index >= 15 is 0 Å². The maximum Gasteiger partial charge on any atom is 0.251 e. The standard InChI is InChI=1S/C19H17Cl2N3O2/c1-11(24-14-5-3-4-12(8-14)18(25)22-2)19-23-10-17(26-19)15-7-6-13(20)9-16(15)21/h3-11,24H,1-2H3,(H,22,25)/t11-/m0/s1. The zero-order chi connectivity index (χ0) is 18.7. The number of carbonyl (C=O) groups excluding carboxylic acids is 1. The van der Waals surface area contributed by atoms with Crippen molar-refractivity contribution < 1.29 is 9.21 Å². The molecule has 0 saturated heterocycles. The summed E-state index contributed by atoms with van der Waals surface area (Å²) in [5, 5.41) is 6.94. The van der Waals surface area contributed by atoms with Crippen molar-refractivity contribution in [2.24, 2.45) is 0 Å². The van der Waals surface area contributed by atoms with Crippen LogP contribution in [0.5, 0.6) is 0 Å². The number of benzene rings is 2. The van der Waals surface area contributed by atoms with Crippen LogP contribution in [0, 0.1) is 0 Å². The maximum absolute atomic E-state index is 11.7. The van der Waals surface area contributed by atoms with Gasteiger partial charge in [0, 0.05) is 28.9 Å². The van der Waals surface area contributed by atoms with Crippen LogP contribution < -0.4 is 10.6 Å². The molecule has 5 nitrogen and oxygen atoms in total. The van der Waals surface area contributed by atoms with Crippen LogP contribution in [-0.4, -0.2) is 17.9 Å². The van der Waals surface area contributed by atoms with Gasteiger partial charge in [0.1, 0.15) is 6.04 Å². The summed E-state index contributed by atoms with van der Waals surface area (Å²) in [4.78, 5) is 16.1. The van der Waals surface area contributed by atoms with E-state index in [1.54, 1.807) is 43.6 Å². The lowest BCUT2D eigenvalue weighted by Crippen LogP contribution is -2.18. The summed E-state index contributed by atoms with van der Waals surface area (Å²) < 4.78 is 5.84. The van der Waals surface area contributed by atoms with Gasteiger partial charge in [-0.05, 0) is 43.3 Å². The van der Waals surface area contributed by atoms with Crippen molar-refractivity contribution in [3.8, 4) is 11.3 Å². The fraction of sp³-hybridized carbons (Fsp3) is 0.158. The molecule has 1 amide bonds. The molecule has 0 aliphatic rings. The molecule has 0 saturated carbocycles. The van der Waals surface area contributed by atoms with E-state index in [0.717, 1.165) is 11.3 Å². The molecule has 2 aromatic carbocycles. The number of hydrogen-bond acceptors (Lipinski definition) is 4. The fourth-order valence-electron chi connectivity index (χ4n) is 2.51. The Morgan fingerprint density at radius 3 is 2.73 bits per heavy atom. The van der Waals surface area contributed by atoms with Gasteiger partial charge >= 0.3 is 0 Å². The van der Waals surface area contributed by atoms with E-state index in [2.05, 4.69) is 15.6 Å². The molecule has 134 valence electrons. The van der Waals surface area contributed by atoms with Crippen molar-refractivity contribution in [1.82, 2.24) is 10.3 Å². The zero-order valence-electron chi connectivity index (χ0n) is 14.2. The minimum atomic E-state index is -0.199. The van der Waals surface area contributed by atoms with Gasteiger partial charge in [-0.2, -0.15) is 0 Å². The van der Waals surface area contributed by atoms with Crippen molar-refractivity contribution in [2.75, 3.05) is 12.4 Å². The second-order valence-electron chi connectivity index (χ2n) is 5.71. The Hall–Kier alpha value is -2.50. The molecule has 3 rings (SSSR count). The van der Waals surface area contributed by atoms with E-state index in [-0.39, 0.29) is 11.9 Å². The number of hydrogen-bond donors (Lipinski definition) is 2. The monoisotopic (exact) mass is 389 g/mol. The summed E-state index contributed by atoms with van der Waals surface area (Å²) in [7, 11) is 1.60. The van der Waals surface area contributed by atoms with Crippen molar-refractivity contribution in [3.05, 3.63) is 70.2 Å². The van der Waals surface area contributed by atoms with Gasteiger partial charge in [0.25, 0.3) is 5.91 Å². The van der Waals surface area contributed by atoms with Crippen LogP contribution in [-0.2, 0) is 0 Å². The molecule has 0 radical (unpaired) electrons. The van der Waals surface area contributed by atoms with Gasteiger partial charge in [0.15, 0.2) is 5.76 Å². The summed E-state index contributed by atoms with van der Waals surface area (Å²) in [6, 6.07) is 12.2. The Bertz CT molecular complexity index is 940. The van der Waals surface area contributed by atoms with Gasteiger partial charge in [-0.15, -0.1) is 0 Å². The summed E-state index contributed by atoms with van der Waals surface area (Å²) in [5.41, 5.74) is 2.09. The van der Waals surface area contributed by atoms with Gasteiger partial charge in [-0.3, -0.25) is 4.79 Å². The average Bonchev–Trinajstić information content (AvgIpc) is 3.11. The number of amides is 1. The summed E-state index contributed by atoms with van der Waals surface area (Å²) in [6.07, 6.45) is 1.63. The van der Waals surface area contributed by atoms with Gasteiger partial charge in [-0.25, -0.2) is 4.98 Å². The Labute approximate surface area is 161 Å². The smallest absolute Gasteiger partial charge is 0.251 e. The average molecular weight is 390 g/mol. The molecule has 0 fully saturated rings. The zero-order valence-corrected chi connectivity index (χ0v) is 15.7. The molecule has 2 N–H and O–H groups in total. The number of halogens is 2. The number of carbonyl (C=O) groups is 1. The normalized spacial score (nSPS) is 11.8. The molecule has 0 aliphatic heterocycles. The van der Waals surface area contributed by atoms with E-state index in [0.29, 0.717) is 27.3 Å². The highest BCUT2D eigenvalue weighted by Gasteiger charge is 2.15. The number of anilines is 1. The van der Waals surface area contributed by atoms with E-state index in [9.17, 15) is 4.79 Å². The van der Waals surface area contributed by atoms with Crippen LogP contribution in [0.25, 0.3) is 11.3 Å². The molecule has 3 aromatic rings. The fourth-order valence-corrected chi connectivity index (χ4v) is 3.01. The molecule has 0 unspecified atom stereocenters. The highest BCUT2D eigenvalue weighted by atomic mass is 35.5. The highest BCUT2D eigenvalue weighted by molar-refractivity contribution is 6.36. The number of rotatable bonds is 5. The van der Waals surface area contributed by atoms with Gasteiger partial charge in [-0.1, -0.05) is 29.3 Å². The molecule has 1 atom stereocenters. The molecular weight excluding hydrogens is 373 g/mol. The largest absolute Gasteiger partial charge is 0.438 e. The van der Waals surface area contributed by atoms with Crippen molar-refractivity contribution in [2.45, 2.75) is 13.0 Å². The van der Waals surface area contributed by atoms with Gasteiger partial charge < -0.3 is 15.1 Å². The first-order valence-electron chi connectivity index (χ1n) is 7.97. The van der Waals surface area contributed by atoms with Crippen molar-refractivity contribution in [3.63, 3.8) is 0 Å². The van der Waals surface area contributed by atoms with Crippen molar-refractivity contribution in [1.29, 1.82) is 0 Å².